The van der Waals surface area contributed by atoms with Crippen LogP contribution in [0.4, 0.5) is 0 Å². The lowest BCUT2D eigenvalue weighted by Gasteiger charge is -2.12. The fourth-order valence-corrected chi connectivity index (χ4v) is 4.66. The van der Waals surface area contributed by atoms with Crippen molar-refractivity contribution in [2.24, 2.45) is 0 Å². The first-order valence-electron chi connectivity index (χ1n) is 7.94. The zero-order chi connectivity index (χ0) is 18.2. The maximum atomic E-state index is 12.4. The van der Waals surface area contributed by atoms with Gasteiger partial charge in [-0.25, -0.2) is 13.2 Å². The summed E-state index contributed by atoms with van der Waals surface area (Å²) in [6, 6.07) is 6.82. The molecule has 1 atom stereocenters. The van der Waals surface area contributed by atoms with Crippen molar-refractivity contribution in [2.45, 2.75) is 26.3 Å². The van der Waals surface area contributed by atoms with E-state index in [1.165, 1.54) is 6.07 Å². The van der Waals surface area contributed by atoms with E-state index in [0.29, 0.717) is 12.1 Å². The number of nitrogens with one attached hydrogen (secondary N) is 2. The molecule has 2 heterocycles. The van der Waals surface area contributed by atoms with Gasteiger partial charge in [0.05, 0.1) is 17.2 Å². The van der Waals surface area contributed by atoms with Gasteiger partial charge < -0.3 is 10.3 Å². The number of aromatic nitrogens is 2. The lowest BCUT2D eigenvalue weighted by Crippen LogP contribution is -2.37. The van der Waals surface area contributed by atoms with Gasteiger partial charge in [-0.05, 0) is 31.9 Å². The van der Waals surface area contributed by atoms with Gasteiger partial charge in [-0.1, -0.05) is 23.8 Å². The zero-order valence-electron chi connectivity index (χ0n) is 14.0. The quantitative estimate of drug-likeness (QED) is 0.847. The Kier molecular flexibility index (Phi) is 4.47. The fraction of sp³-hybridized carbons (Fsp3) is 0.353. The fourth-order valence-electron chi connectivity index (χ4n) is 2.99. The number of carbonyl (C=O) groups is 1. The smallest absolute Gasteiger partial charge is 0.346 e. The minimum Gasteiger partial charge on any atom is -0.347 e. The summed E-state index contributed by atoms with van der Waals surface area (Å²) in [5.41, 5.74) is 2.67. The molecule has 1 aliphatic heterocycles. The number of hydrogen-bond donors (Lipinski definition) is 2. The molecule has 8 heteroatoms. The zero-order valence-corrected chi connectivity index (χ0v) is 14.8. The largest absolute Gasteiger partial charge is 0.347 e. The van der Waals surface area contributed by atoms with Gasteiger partial charge in [-0.3, -0.25) is 4.79 Å². The van der Waals surface area contributed by atoms with Gasteiger partial charge in [0.2, 0.25) is 0 Å². The monoisotopic (exact) mass is 361 g/mol. The molecule has 1 aromatic carbocycles. The molecule has 25 heavy (non-hydrogen) atoms. The van der Waals surface area contributed by atoms with Crippen molar-refractivity contribution in [3.8, 4) is 11.3 Å². The van der Waals surface area contributed by atoms with Gasteiger partial charge in [-0.15, -0.1) is 0 Å². The number of hydrogen-bond acceptors (Lipinski definition) is 5. The van der Waals surface area contributed by atoms with Crippen molar-refractivity contribution in [1.29, 1.82) is 0 Å². The number of aryl methyl sites for hydroxylation is 2. The molecule has 1 aromatic heterocycles. The number of nitrogens with zero attached hydrogens (tertiary/aromatic N) is 1. The van der Waals surface area contributed by atoms with Crippen LogP contribution >= 0.6 is 0 Å². The SMILES string of the molecule is Cc1ccc(-c2cc(C(=O)NC3CCS(=O)(=O)C3)[nH]c(=O)n2)c(C)c1. The second-order valence-corrected chi connectivity index (χ2v) is 8.61. The second-order valence-electron chi connectivity index (χ2n) is 6.38. The van der Waals surface area contributed by atoms with Crippen molar-refractivity contribution in [1.82, 2.24) is 15.3 Å². The molecule has 132 valence electrons. The van der Waals surface area contributed by atoms with Crippen LogP contribution in [0.15, 0.2) is 29.1 Å². The van der Waals surface area contributed by atoms with E-state index >= 15 is 0 Å². The highest BCUT2D eigenvalue weighted by molar-refractivity contribution is 7.91. The molecule has 1 aliphatic rings. The molecule has 0 bridgehead atoms. The number of carbonyl (C=O) groups excluding carboxylic acids is 1. The Morgan fingerprint density at radius 3 is 2.68 bits per heavy atom. The highest BCUT2D eigenvalue weighted by atomic mass is 32.2. The molecule has 2 N–H and O–H groups in total. The van der Waals surface area contributed by atoms with Crippen molar-refractivity contribution in [3.63, 3.8) is 0 Å². The lowest BCUT2D eigenvalue weighted by molar-refractivity contribution is 0.0935. The van der Waals surface area contributed by atoms with Crippen molar-refractivity contribution in [3.05, 3.63) is 51.6 Å². The molecular weight excluding hydrogens is 342 g/mol. The molecular formula is C17H19N3O4S. The number of aromatic amines is 1. The van der Waals surface area contributed by atoms with Gasteiger partial charge in [0, 0.05) is 11.6 Å². The summed E-state index contributed by atoms with van der Waals surface area (Å²) in [4.78, 5) is 30.6. The second kappa shape index (κ2) is 6.44. The van der Waals surface area contributed by atoms with E-state index in [1.807, 2.05) is 32.0 Å². The molecule has 0 saturated carbocycles. The minimum atomic E-state index is -3.09. The van der Waals surface area contributed by atoms with E-state index in [-0.39, 0.29) is 17.2 Å². The molecule has 1 fully saturated rings. The van der Waals surface area contributed by atoms with Crippen LogP contribution in [0.1, 0.15) is 28.0 Å². The van der Waals surface area contributed by atoms with Crippen molar-refractivity contribution < 1.29 is 13.2 Å². The van der Waals surface area contributed by atoms with E-state index in [1.54, 1.807) is 0 Å². The Morgan fingerprint density at radius 2 is 2.04 bits per heavy atom. The number of sulfone groups is 1. The van der Waals surface area contributed by atoms with Crippen LogP contribution in [0.25, 0.3) is 11.3 Å². The summed E-state index contributed by atoms with van der Waals surface area (Å²) < 4.78 is 23.0. The molecule has 1 saturated heterocycles. The predicted octanol–water partition coefficient (Wildman–Crippen LogP) is 0.971. The molecule has 0 aliphatic carbocycles. The Bertz CT molecular complexity index is 995. The average Bonchev–Trinajstić information content (AvgIpc) is 2.85. The van der Waals surface area contributed by atoms with Crippen molar-refractivity contribution >= 4 is 15.7 Å². The van der Waals surface area contributed by atoms with E-state index in [0.717, 1.165) is 16.7 Å². The number of rotatable bonds is 3. The van der Waals surface area contributed by atoms with Gasteiger partial charge in [-0.2, -0.15) is 4.98 Å². The maximum Gasteiger partial charge on any atom is 0.346 e. The predicted molar refractivity (Wildman–Crippen MR) is 94.3 cm³/mol. The van der Waals surface area contributed by atoms with E-state index in [2.05, 4.69) is 15.3 Å². The van der Waals surface area contributed by atoms with Gasteiger partial charge >= 0.3 is 5.69 Å². The Labute approximate surface area is 145 Å². The van der Waals surface area contributed by atoms with Crippen LogP contribution in [-0.4, -0.2) is 41.8 Å². The van der Waals surface area contributed by atoms with Crippen LogP contribution < -0.4 is 11.0 Å². The third-order valence-electron chi connectivity index (χ3n) is 4.21. The third kappa shape index (κ3) is 3.96. The number of amides is 1. The van der Waals surface area contributed by atoms with E-state index in [9.17, 15) is 18.0 Å². The Morgan fingerprint density at radius 1 is 1.28 bits per heavy atom. The molecule has 7 nitrogen and oxygen atoms in total. The standard InChI is InChI=1S/C17H19N3O4S/c1-10-3-4-13(11(2)7-10)14-8-15(20-17(22)19-14)16(21)18-12-5-6-25(23,24)9-12/h3-4,7-8,12H,5-6,9H2,1-2H3,(H,18,21)(H,19,20,22). The van der Waals surface area contributed by atoms with E-state index in [4.69, 9.17) is 0 Å². The first kappa shape index (κ1) is 17.3. The van der Waals surface area contributed by atoms with Crippen LogP contribution in [-0.2, 0) is 9.84 Å². The summed E-state index contributed by atoms with van der Waals surface area (Å²) in [6.45, 7) is 3.88. The maximum absolute atomic E-state index is 12.4. The Hall–Kier alpha value is -2.48. The van der Waals surface area contributed by atoms with Gasteiger partial charge in [0.25, 0.3) is 5.91 Å². The summed E-state index contributed by atoms with van der Waals surface area (Å²) in [5, 5.41) is 2.66. The van der Waals surface area contributed by atoms with Crippen LogP contribution in [0.3, 0.4) is 0 Å². The van der Waals surface area contributed by atoms with E-state index < -0.39 is 27.5 Å². The topological polar surface area (TPSA) is 109 Å². The minimum absolute atomic E-state index is 0.0681. The summed E-state index contributed by atoms with van der Waals surface area (Å²) in [7, 11) is -3.09. The highest BCUT2D eigenvalue weighted by Gasteiger charge is 2.29. The molecule has 1 amide bonds. The van der Waals surface area contributed by atoms with Crippen molar-refractivity contribution in [2.75, 3.05) is 11.5 Å². The molecule has 2 aromatic rings. The summed E-state index contributed by atoms with van der Waals surface area (Å²) >= 11 is 0. The van der Waals surface area contributed by atoms with Crippen LogP contribution in [0.5, 0.6) is 0 Å². The van der Waals surface area contributed by atoms with Crippen LogP contribution in [0.2, 0.25) is 0 Å². The summed E-state index contributed by atoms with van der Waals surface area (Å²) in [6.07, 6.45) is 0.382. The number of H-pyrrole nitrogens is 1. The summed E-state index contributed by atoms with van der Waals surface area (Å²) in [5.74, 6) is -0.510. The number of benzene rings is 1. The lowest BCUT2D eigenvalue weighted by atomic mass is 10.0. The highest BCUT2D eigenvalue weighted by Crippen LogP contribution is 2.22. The first-order valence-corrected chi connectivity index (χ1v) is 9.76. The van der Waals surface area contributed by atoms with Gasteiger partial charge in [0.1, 0.15) is 5.69 Å². The van der Waals surface area contributed by atoms with Gasteiger partial charge in [0.15, 0.2) is 9.84 Å². The average molecular weight is 361 g/mol. The first-order chi connectivity index (χ1) is 11.7. The molecule has 1 unspecified atom stereocenters. The molecule has 0 spiro atoms. The molecule has 0 radical (unpaired) electrons. The Balaban J connectivity index is 1.89. The normalized spacial score (nSPS) is 18.9. The molecule has 3 rings (SSSR count). The van der Waals surface area contributed by atoms with Crippen LogP contribution in [0, 0.1) is 13.8 Å². The third-order valence-corrected chi connectivity index (χ3v) is 5.98.